The highest BCUT2D eigenvalue weighted by atomic mass is 16.4. The maximum absolute atomic E-state index is 10.9. The van der Waals surface area contributed by atoms with Crippen LogP contribution < -0.4 is 16.4 Å². The second kappa shape index (κ2) is 6.37. The molecule has 0 fully saturated rings. The zero-order valence-electron chi connectivity index (χ0n) is 9.60. The Hall–Kier alpha value is -2.24. The first kappa shape index (κ1) is 12.8. The number of carbonyl (C=O) groups is 1. The molecule has 0 heterocycles. The molecule has 6 nitrogen and oxygen atoms in total. The van der Waals surface area contributed by atoms with E-state index in [1.54, 1.807) is 6.07 Å². The van der Waals surface area contributed by atoms with Crippen molar-refractivity contribution >= 4 is 23.1 Å². The molecule has 0 saturated carbocycles. The summed E-state index contributed by atoms with van der Waals surface area (Å²) in [4.78, 5) is 10.9. The maximum Gasteiger partial charge on any atom is 0.221 e. The van der Waals surface area contributed by atoms with Crippen LogP contribution in [0.25, 0.3) is 0 Å². The minimum absolute atomic E-state index is 0.112. The van der Waals surface area contributed by atoms with Crippen molar-refractivity contribution in [3.05, 3.63) is 24.3 Å². The van der Waals surface area contributed by atoms with Gasteiger partial charge in [-0.15, -0.1) is 0 Å². The van der Waals surface area contributed by atoms with Gasteiger partial charge in [-0.25, -0.2) is 0 Å². The summed E-state index contributed by atoms with van der Waals surface area (Å²) < 4.78 is 0. The van der Waals surface area contributed by atoms with Crippen LogP contribution in [0, 0.1) is 0 Å². The molecule has 0 bridgehead atoms. The number of anilines is 2. The van der Waals surface area contributed by atoms with Crippen molar-refractivity contribution in [1.82, 2.24) is 0 Å². The molecule has 0 atom stereocenters. The third-order valence-corrected chi connectivity index (χ3v) is 2.02. The van der Waals surface area contributed by atoms with E-state index in [1.807, 2.05) is 18.2 Å². The fourth-order valence-electron chi connectivity index (χ4n) is 1.30. The van der Waals surface area contributed by atoms with Gasteiger partial charge in [0.25, 0.3) is 0 Å². The molecule has 0 radical (unpaired) electrons. The van der Waals surface area contributed by atoms with Crippen molar-refractivity contribution in [2.75, 3.05) is 17.2 Å². The molecule has 0 aliphatic heterocycles. The molecule has 5 N–H and O–H groups in total. The second-order valence-electron chi connectivity index (χ2n) is 3.53. The SMILES string of the molecule is CC(=O)Nc1cccc(NCCC(N)=NO)c1. The van der Waals surface area contributed by atoms with Crippen LogP contribution in [-0.2, 0) is 4.79 Å². The zero-order chi connectivity index (χ0) is 12.7. The van der Waals surface area contributed by atoms with Gasteiger partial charge in [0.05, 0.1) is 0 Å². The average Bonchev–Trinajstić information content (AvgIpc) is 2.28. The van der Waals surface area contributed by atoms with Crippen molar-refractivity contribution in [2.24, 2.45) is 10.9 Å². The van der Waals surface area contributed by atoms with Gasteiger partial charge in [0.15, 0.2) is 0 Å². The van der Waals surface area contributed by atoms with Crippen LogP contribution in [-0.4, -0.2) is 23.5 Å². The predicted molar refractivity (Wildman–Crippen MR) is 67.3 cm³/mol. The van der Waals surface area contributed by atoms with Crippen molar-refractivity contribution < 1.29 is 10.0 Å². The van der Waals surface area contributed by atoms with Gasteiger partial charge in [-0.2, -0.15) is 0 Å². The number of benzene rings is 1. The van der Waals surface area contributed by atoms with Crippen molar-refractivity contribution in [1.29, 1.82) is 0 Å². The highest BCUT2D eigenvalue weighted by Crippen LogP contribution is 2.14. The van der Waals surface area contributed by atoms with E-state index in [0.29, 0.717) is 13.0 Å². The maximum atomic E-state index is 10.9. The Labute approximate surface area is 99.5 Å². The summed E-state index contributed by atoms with van der Waals surface area (Å²) in [7, 11) is 0. The first-order chi connectivity index (χ1) is 8.11. The van der Waals surface area contributed by atoms with Gasteiger partial charge in [0.2, 0.25) is 5.91 Å². The molecule has 0 aromatic heterocycles. The quantitative estimate of drug-likeness (QED) is 0.267. The van der Waals surface area contributed by atoms with Crippen LogP contribution in [0.3, 0.4) is 0 Å². The Bertz CT molecular complexity index is 418. The summed E-state index contributed by atoms with van der Waals surface area (Å²) in [6.45, 7) is 2.01. The number of hydrogen-bond acceptors (Lipinski definition) is 4. The predicted octanol–water partition coefficient (Wildman–Crippen LogP) is 1.19. The molecule has 1 aromatic carbocycles. The van der Waals surface area contributed by atoms with Crippen LogP contribution in [0.5, 0.6) is 0 Å². The largest absolute Gasteiger partial charge is 0.409 e. The molecule has 0 unspecified atom stereocenters. The molecule has 17 heavy (non-hydrogen) atoms. The Morgan fingerprint density at radius 2 is 2.18 bits per heavy atom. The lowest BCUT2D eigenvalue weighted by Gasteiger charge is -2.08. The van der Waals surface area contributed by atoms with Gasteiger partial charge in [-0.1, -0.05) is 11.2 Å². The Morgan fingerprint density at radius 1 is 1.47 bits per heavy atom. The Kier molecular flexibility index (Phi) is 4.80. The van der Waals surface area contributed by atoms with Crippen LogP contribution in [0.4, 0.5) is 11.4 Å². The number of hydrogen-bond donors (Lipinski definition) is 4. The molecule has 0 aliphatic carbocycles. The van der Waals surface area contributed by atoms with E-state index in [9.17, 15) is 4.79 Å². The number of nitrogens with two attached hydrogens (primary N) is 1. The van der Waals surface area contributed by atoms with E-state index < -0.39 is 0 Å². The number of amidine groups is 1. The van der Waals surface area contributed by atoms with Gasteiger partial charge < -0.3 is 21.6 Å². The first-order valence-corrected chi connectivity index (χ1v) is 5.19. The summed E-state index contributed by atoms with van der Waals surface area (Å²) in [5.41, 5.74) is 6.93. The van der Waals surface area contributed by atoms with E-state index in [2.05, 4.69) is 15.8 Å². The molecule has 1 aromatic rings. The van der Waals surface area contributed by atoms with Crippen molar-refractivity contribution in [3.63, 3.8) is 0 Å². The monoisotopic (exact) mass is 236 g/mol. The Morgan fingerprint density at radius 3 is 2.82 bits per heavy atom. The lowest BCUT2D eigenvalue weighted by molar-refractivity contribution is -0.114. The number of carbonyl (C=O) groups excluding carboxylic acids is 1. The van der Waals surface area contributed by atoms with Gasteiger partial charge in [0, 0.05) is 31.3 Å². The molecule has 92 valence electrons. The third kappa shape index (κ3) is 4.87. The van der Waals surface area contributed by atoms with Gasteiger partial charge >= 0.3 is 0 Å². The minimum atomic E-state index is -0.112. The average molecular weight is 236 g/mol. The number of nitrogens with one attached hydrogen (secondary N) is 2. The molecular formula is C11H16N4O2. The van der Waals surface area contributed by atoms with E-state index in [1.165, 1.54) is 6.92 Å². The van der Waals surface area contributed by atoms with E-state index in [4.69, 9.17) is 10.9 Å². The topological polar surface area (TPSA) is 99.7 Å². The van der Waals surface area contributed by atoms with Crippen molar-refractivity contribution in [2.45, 2.75) is 13.3 Å². The van der Waals surface area contributed by atoms with Crippen LogP contribution in [0.15, 0.2) is 29.4 Å². The molecule has 6 heteroatoms. The van der Waals surface area contributed by atoms with E-state index in [0.717, 1.165) is 11.4 Å². The van der Waals surface area contributed by atoms with Crippen LogP contribution in [0.2, 0.25) is 0 Å². The summed E-state index contributed by atoms with van der Waals surface area (Å²) in [5.74, 6) is 0.0642. The summed E-state index contributed by atoms with van der Waals surface area (Å²) in [6.07, 6.45) is 0.445. The normalized spacial score (nSPS) is 11.0. The highest BCUT2D eigenvalue weighted by Gasteiger charge is 1.98. The number of oxime groups is 1. The highest BCUT2D eigenvalue weighted by molar-refractivity contribution is 5.89. The first-order valence-electron chi connectivity index (χ1n) is 5.19. The van der Waals surface area contributed by atoms with Gasteiger partial charge in [-0.3, -0.25) is 4.79 Å². The Balaban J connectivity index is 2.51. The molecule has 0 aliphatic rings. The molecule has 1 amide bonds. The molecular weight excluding hydrogens is 220 g/mol. The lowest BCUT2D eigenvalue weighted by Crippen LogP contribution is -2.16. The van der Waals surface area contributed by atoms with Crippen LogP contribution >= 0.6 is 0 Å². The van der Waals surface area contributed by atoms with E-state index >= 15 is 0 Å². The van der Waals surface area contributed by atoms with Crippen molar-refractivity contribution in [3.8, 4) is 0 Å². The van der Waals surface area contributed by atoms with E-state index in [-0.39, 0.29) is 11.7 Å². The summed E-state index contributed by atoms with van der Waals surface area (Å²) in [6, 6.07) is 7.32. The van der Waals surface area contributed by atoms with Crippen LogP contribution in [0.1, 0.15) is 13.3 Å². The number of nitrogens with zero attached hydrogens (tertiary/aromatic N) is 1. The smallest absolute Gasteiger partial charge is 0.221 e. The van der Waals surface area contributed by atoms with Gasteiger partial charge in [0.1, 0.15) is 5.84 Å². The zero-order valence-corrected chi connectivity index (χ0v) is 9.60. The number of rotatable bonds is 5. The summed E-state index contributed by atoms with van der Waals surface area (Å²) in [5, 5.41) is 17.0. The minimum Gasteiger partial charge on any atom is -0.409 e. The second-order valence-corrected chi connectivity index (χ2v) is 3.53. The summed E-state index contributed by atoms with van der Waals surface area (Å²) >= 11 is 0. The molecule has 1 rings (SSSR count). The third-order valence-electron chi connectivity index (χ3n) is 2.02. The van der Waals surface area contributed by atoms with Gasteiger partial charge in [-0.05, 0) is 18.2 Å². The standard InChI is InChI=1S/C11H16N4O2/c1-8(16)14-10-4-2-3-9(7-10)13-6-5-11(12)15-17/h2-4,7,13,17H,5-6H2,1H3,(H2,12,15)(H,14,16). The number of amides is 1. The fourth-order valence-corrected chi connectivity index (χ4v) is 1.30. The fraction of sp³-hybridized carbons (Fsp3) is 0.273. The molecule has 0 saturated heterocycles. The molecule has 0 spiro atoms. The lowest BCUT2D eigenvalue weighted by atomic mass is 10.2.